The molecule has 1 aliphatic rings. The van der Waals surface area contributed by atoms with Crippen molar-refractivity contribution in [1.82, 2.24) is 9.80 Å². The Morgan fingerprint density at radius 2 is 1.79 bits per heavy atom. The fourth-order valence-corrected chi connectivity index (χ4v) is 4.10. The van der Waals surface area contributed by atoms with E-state index in [1.807, 2.05) is 26.0 Å². The molecule has 1 aliphatic carbocycles. The maximum absolute atomic E-state index is 13.2. The molecule has 0 aliphatic heterocycles. The van der Waals surface area contributed by atoms with Gasteiger partial charge in [-0.2, -0.15) is 0 Å². The molecule has 1 heterocycles. The highest BCUT2D eigenvalue weighted by Gasteiger charge is 2.34. The van der Waals surface area contributed by atoms with Gasteiger partial charge in [-0.15, -0.1) is 11.3 Å². The van der Waals surface area contributed by atoms with Crippen molar-refractivity contribution in [3.63, 3.8) is 0 Å². The van der Waals surface area contributed by atoms with Crippen LogP contribution in [0.1, 0.15) is 41.5 Å². The van der Waals surface area contributed by atoms with E-state index in [1.165, 1.54) is 17.0 Å². The molecule has 0 N–H and O–H groups in total. The summed E-state index contributed by atoms with van der Waals surface area (Å²) >= 11 is 1.66. The zero-order valence-corrected chi connectivity index (χ0v) is 17.3. The van der Waals surface area contributed by atoms with Crippen LogP contribution in [0.5, 0.6) is 0 Å². The SMILES string of the molecule is CCCN(CC(=O)N(Cc1ccc(F)cc1)Cc1ccc(C)s1)C(=O)C1CC1. The predicted octanol–water partition coefficient (Wildman–Crippen LogP) is 4.37. The molecule has 1 aromatic carbocycles. The van der Waals surface area contributed by atoms with E-state index in [-0.39, 0.29) is 30.1 Å². The van der Waals surface area contributed by atoms with E-state index in [9.17, 15) is 14.0 Å². The molecule has 6 heteroatoms. The van der Waals surface area contributed by atoms with Gasteiger partial charge in [-0.05, 0) is 56.0 Å². The fourth-order valence-electron chi connectivity index (χ4n) is 3.19. The average Bonchev–Trinajstić information content (AvgIpc) is 3.44. The van der Waals surface area contributed by atoms with Gasteiger partial charge in [0.2, 0.25) is 11.8 Å². The molecular formula is C22H27FN2O2S. The second-order valence-electron chi connectivity index (χ2n) is 7.42. The summed E-state index contributed by atoms with van der Waals surface area (Å²) in [6, 6.07) is 10.3. The third kappa shape index (κ3) is 5.64. The molecule has 4 nitrogen and oxygen atoms in total. The van der Waals surface area contributed by atoms with Gasteiger partial charge >= 0.3 is 0 Å². The summed E-state index contributed by atoms with van der Waals surface area (Å²) in [4.78, 5) is 31.4. The standard InChI is InChI=1S/C22H27FN2O2S/c1-3-12-24(22(27)18-7-8-18)15-21(26)25(14-20-11-4-16(2)28-20)13-17-5-9-19(23)10-6-17/h4-6,9-11,18H,3,7-8,12-15H2,1-2H3. The third-order valence-corrected chi connectivity index (χ3v) is 5.83. The number of rotatable bonds is 9. The molecule has 0 radical (unpaired) electrons. The van der Waals surface area contributed by atoms with Gasteiger partial charge in [0.1, 0.15) is 5.82 Å². The molecule has 2 amide bonds. The molecule has 150 valence electrons. The second-order valence-corrected chi connectivity index (χ2v) is 8.80. The van der Waals surface area contributed by atoms with E-state index in [1.54, 1.807) is 33.3 Å². The minimum Gasteiger partial charge on any atom is -0.333 e. The second kappa shape index (κ2) is 9.32. The first-order valence-electron chi connectivity index (χ1n) is 9.82. The van der Waals surface area contributed by atoms with E-state index in [4.69, 9.17) is 0 Å². The monoisotopic (exact) mass is 402 g/mol. The molecule has 0 spiro atoms. The topological polar surface area (TPSA) is 40.6 Å². The number of carbonyl (C=O) groups excluding carboxylic acids is 2. The van der Waals surface area contributed by atoms with Crippen LogP contribution < -0.4 is 0 Å². The Bertz CT molecular complexity index is 814. The Hall–Kier alpha value is -2.21. The van der Waals surface area contributed by atoms with Crippen LogP contribution in [-0.4, -0.2) is 34.7 Å². The lowest BCUT2D eigenvalue weighted by atomic mass is 10.2. The van der Waals surface area contributed by atoms with Gasteiger partial charge in [-0.25, -0.2) is 4.39 Å². The van der Waals surface area contributed by atoms with Crippen molar-refractivity contribution in [2.24, 2.45) is 5.92 Å². The normalized spacial score (nSPS) is 13.4. The van der Waals surface area contributed by atoms with Gasteiger partial charge in [0.15, 0.2) is 0 Å². The first kappa shape index (κ1) is 20.5. The maximum atomic E-state index is 13.2. The lowest BCUT2D eigenvalue weighted by Gasteiger charge is -2.27. The van der Waals surface area contributed by atoms with Gasteiger partial charge in [0, 0.05) is 28.8 Å². The number of halogens is 1. The number of hydrogen-bond acceptors (Lipinski definition) is 3. The molecule has 0 atom stereocenters. The van der Waals surface area contributed by atoms with Gasteiger partial charge in [-0.3, -0.25) is 9.59 Å². The van der Waals surface area contributed by atoms with Crippen molar-refractivity contribution >= 4 is 23.2 Å². The van der Waals surface area contributed by atoms with E-state index in [2.05, 4.69) is 0 Å². The van der Waals surface area contributed by atoms with E-state index >= 15 is 0 Å². The Labute approximate surface area is 170 Å². The third-order valence-electron chi connectivity index (χ3n) is 4.84. The largest absolute Gasteiger partial charge is 0.333 e. The molecule has 0 saturated heterocycles. The number of amides is 2. The number of nitrogens with zero attached hydrogens (tertiary/aromatic N) is 2. The van der Waals surface area contributed by atoms with E-state index in [0.717, 1.165) is 29.7 Å². The van der Waals surface area contributed by atoms with Gasteiger partial charge in [-0.1, -0.05) is 19.1 Å². The van der Waals surface area contributed by atoms with Crippen molar-refractivity contribution in [2.45, 2.75) is 46.2 Å². The van der Waals surface area contributed by atoms with E-state index in [0.29, 0.717) is 19.6 Å². The summed E-state index contributed by atoms with van der Waals surface area (Å²) in [5.74, 6) is -0.161. The highest BCUT2D eigenvalue weighted by Crippen LogP contribution is 2.31. The molecule has 1 aromatic heterocycles. The van der Waals surface area contributed by atoms with Crippen LogP contribution in [0.25, 0.3) is 0 Å². The number of thiophene rings is 1. The fraction of sp³-hybridized carbons (Fsp3) is 0.455. The molecule has 0 bridgehead atoms. The van der Waals surface area contributed by atoms with Crippen molar-refractivity contribution in [2.75, 3.05) is 13.1 Å². The van der Waals surface area contributed by atoms with Crippen molar-refractivity contribution < 1.29 is 14.0 Å². The zero-order chi connectivity index (χ0) is 20.1. The Morgan fingerprint density at radius 1 is 1.07 bits per heavy atom. The smallest absolute Gasteiger partial charge is 0.242 e. The van der Waals surface area contributed by atoms with Crippen LogP contribution in [0.4, 0.5) is 4.39 Å². The minimum absolute atomic E-state index is 0.0715. The molecule has 2 aromatic rings. The number of benzene rings is 1. The molecule has 28 heavy (non-hydrogen) atoms. The molecule has 1 saturated carbocycles. The highest BCUT2D eigenvalue weighted by molar-refractivity contribution is 7.11. The average molecular weight is 403 g/mol. The molecule has 0 unspecified atom stereocenters. The minimum atomic E-state index is -0.292. The Morgan fingerprint density at radius 3 is 2.36 bits per heavy atom. The summed E-state index contributed by atoms with van der Waals surface area (Å²) in [6.07, 6.45) is 2.69. The molecular weight excluding hydrogens is 375 g/mol. The lowest BCUT2D eigenvalue weighted by molar-refractivity contribution is -0.142. The van der Waals surface area contributed by atoms with Crippen molar-refractivity contribution in [3.8, 4) is 0 Å². The maximum Gasteiger partial charge on any atom is 0.242 e. The summed E-state index contributed by atoms with van der Waals surface area (Å²) in [5.41, 5.74) is 0.874. The number of aryl methyl sites for hydroxylation is 1. The van der Waals surface area contributed by atoms with Crippen LogP contribution in [0.2, 0.25) is 0 Å². The zero-order valence-electron chi connectivity index (χ0n) is 16.5. The van der Waals surface area contributed by atoms with Gasteiger partial charge in [0.25, 0.3) is 0 Å². The molecule has 1 fully saturated rings. The quantitative estimate of drug-likeness (QED) is 0.625. The first-order valence-corrected chi connectivity index (χ1v) is 10.6. The summed E-state index contributed by atoms with van der Waals surface area (Å²) < 4.78 is 13.2. The van der Waals surface area contributed by atoms with Crippen molar-refractivity contribution in [1.29, 1.82) is 0 Å². The predicted molar refractivity (Wildman–Crippen MR) is 109 cm³/mol. The Balaban J connectivity index is 1.74. The van der Waals surface area contributed by atoms with Gasteiger partial charge < -0.3 is 9.80 Å². The lowest BCUT2D eigenvalue weighted by Crippen LogP contribution is -2.43. The van der Waals surface area contributed by atoms with Crippen LogP contribution in [0.3, 0.4) is 0 Å². The number of carbonyl (C=O) groups is 2. The van der Waals surface area contributed by atoms with Crippen LogP contribution in [0.15, 0.2) is 36.4 Å². The highest BCUT2D eigenvalue weighted by atomic mass is 32.1. The summed E-state index contributed by atoms with van der Waals surface area (Å²) in [5, 5.41) is 0. The van der Waals surface area contributed by atoms with Crippen LogP contribution in [0, 0.1) is 18.7 Å². The number of hydrogen-bond donors (Lipinski definition) is 0. The van der Waals surface area contributed by atoms with E-state index < -0.39 is 0 Å². The van der Waals surface area contributed by atoms with Gasteiger partial charge in [0.05, 0.1) is 13.1 Å². The Kier molecular flexibility index (Phi) is 6.83. The van der Waals surface area contributed by atoms with Crippen molar-refractivity contribution in [3.05, 3.63) is 57.5 Å². The first-order chi connectivity index (χ1) is 13.5. The summed E-state index contributed by atoms with van der Waals surface area (Å²) in [6.45, 7) is 5.65. The summed E-state index contributed by atoms with van der Waals surface area (Å²) in [7, 11) is 0. The molecule has 3 rings (SSSR count). The van der Waals surface area contributed by atoms with Crippen LogP contribution in [-0.2, 0) is 22.7 Å². The van der Waals surface area contributed by atoms with Crippen LogP contribution >= 0.6 is 11.3 Å².